The number of para-hydroxylation sites is 1. The molecule has 1 aliphatic carbocycles. The molecule has 9 aromatic rings. The molecular weight excluding hydrogens is 653 g/mol. The zero-order valence-corrected chi connectivity index (χ0v) is 29.6. The van der Waals surface area contributed by atoms with Gasteiger partial charge in [0.2, 0.25) is 0 Å². The fourth-order valence-electron chi connectivity index (χ4n) is 9.14. The molecule has 11 rings (SSSR count). The Labute approximate surface area is 314 Å². The molecule has 2 heteroatoms. The van der Waals surface area contributed by atoms with Crippen LogP contribution in [0.2, 0.25) is 0 Å². The van der Waals surface area contributed by atoms with Crippen molar-refractivity contribution >= 4 is 33.2 Å². The molecule has 1 aromatic heterocycles. The minimum atomic E-state index is -0.493. The third kappa shape index (κ3) is 4.38. The third-order valence-electron chi connectivity index (χ3n) is 11.5. The van der Waals surface area contributed by atoms with E-state index in [2.05, 4.69) is 222 Å². The van der Waals surface area contributed by atoms with E-state index in [0.29, 0.717) is 0 Å². The van der Waals surface area contributed by atoms with E-state index in [1.165, 1.54) is 83.1 Å². The Hall–Kier alpha value is -7.03. The van der Waals surface area contributed by atoms with Crippen LogP contribution in [0.25, 0.3) is 49.8 Å². The van der Waals surface area contributed by atoms with Crippen molar-refractivity contribution in [2.75, 3.05) is 0 Å². The van der Waals surface area contributed by atoms with E-state index in [0.717, 1.165) is 5.71 Å². The molecule has 0 saturated carbocycles. The largest absolute Gasteiger partial charge is 0.250 e. The Balaban J connectivity index is 1.24. The van der Waals surface area contributed by atoms with E-state index in [4.69, 9.17) is 0 Å². The number of benzene rings is 8. The summed E-state index contributed by atoms with van der Waals surface area (Å²) in [6.07, 6.45) is 2.35. The average Bonchev–Trinajstić information content (AvgIpc) is 3.71. The van der Waals surface area contributed by atoms with Gasteiger partial charge in [-0.15, -0.1) is 4.68 Å². The molecule has 0 N–H and O–H groups in total. The number of allylic oxidation sites excluding steroid dienone is 1. The molecule has 54 heavy (non-hydrogen) atoms. The normalized spacial score (nSPS) is 14.1. The van der Waals surface area contributed by atoms with E-state index < -0.39 is 5.41 Å². The topological polar surface area (TPSA) is 7.94 Å². The predicted molar refractivity (Wildman–Crippen MR) is 223 cm³/mol. The maximum Gasteiger partial charge on any atom is 0.250 e. The summed E-state index contributed by atoms with van der Waals surface area (Å²) in [5.74, 6) is 0. The standard InChI is InChI=1S/C52H35N2/c1-5-18-36(19-6-1)38-22-17-23-39(32-38)50-35-49(37-20-7-2-8-21-37)54(50)53-48-31-16-14-29-43(48)45-33-44-42-28-13-15-30-46(42)52(47(44)34-51(45)53,40-24-9-3-10-25-40)41-26-11-4-12-27-41/h1-35H/q+1. The van der Waals surface area contributed by atoms with Crippen molar-refractivity contribution in [3.05, 3.63) is 246 Å². The van der Waals surface area contributed by atoms with E-state index >= 15 is 0 Å². The Morgan fingerprint density at radius 3 is 1.67 bits per heavy atom. The van der Waals surface area contributed by atoms with Crippen molar-refractivity contribution in [3.8, 4) is 22.3 Å². The van der Waals surface area contributed by atoms with E-state index in [9.17, 15) is 0 Å². The van der Waals surface area contributed by atoms with Crippen LogP contribution in [0, 0.1) is 0 Å². The van der Waals surface area contributed by atoms with Crippen LogP contribution in [-0.4, -0.2) is 15.1 Å². The van der Waals surface area contributed by atoms with Gasteiger partial charge in [-0.1, -0.05) is 168 Å². The SMILES string of the molecule is C1=C(c2ccccc2)[N+](n2c3ccccc3c3cc4c(cc32)C(c2ccccc2)(c2ccccc2)c2ccccc2-4)=C1c1cccc(-c2ccccc2)c1. The fraction of sp³-hybridized carbons (Fsp3) is 0.0192. The summed E-state index contributed by atoms with van der Waals surface area (Å²) in [5, 5.41) is 2.48. The molecule has 1 aliphatic heterocycles. The molecule has 0 fully saturated rings. The van der Waals surface area contributed by atoms with Gasteiger partial charge in [-0.2, -0.15) is 0 Å². The summed E-state index contributed by atoms with van der Waals surface area (Å²) in [6.45, 7) is 0. The second-order valence-electron chi connectivity index (χ2n) is 14.3. The number of nitrogens with zero attached hydrogens (tertiary/aromatic N) is 2. The summed E-state index contributed by atoms with van der Waals surface area (Å²) in [5.41, 5.74) is 16.7. The van der Waals surface area contributed by atoms with Crippen LogP contribution in [0.1, 0.15) is 33.4 Å². The van der Waals surface area contributed by atoms with Gasteiger partial charge in [-0.05, 0) is 87.0 Å². The lowest BCUT2D eigenvalue weighted by atomic mass is 9.67. The highest BCUT2D eigenvalue weighted by Crippen LogP contribution is 2.57. The van der Waals surface area contributed by atoms with Crippen molar-refractivity contribution < 1.29 is 4.68 Å². The first kappa shape index (κ1) is 30.6. The molecule has 0 unspecified atom stereocenters. The van der Waals surface area contributed by atoms with Crippen LogP contribution in [-0.2, 0) is 5.41 Å². The lowest BCUT2D eigenvalue weighted by Gasteiger charge is -2.33. The second kappa shape index (κ2) is 12.0. The van der Waals surface area contributed by atoms with Crippen molar-refractivity contribution in [2.45, 2.75) is 5.41 Å². The van der Waals surface area contributed by atoms with Crippen LogP contribution < -0.4 is 0 Å². The monoisotopic (exact) mass is 687 g/mol. The molecule has 0 spiro atoms. The van der Waals surface area contributed by atoms with Crippen LogP contribution in [0.4, 0.5) is 0 Å². The van der Waals surface area contributed by atoms with Gasteiger partial charge >= 0.3 is 0 Å². The molecule has 0 atom stereocenters. The van der Waals surface area contributed by atoms with Crippen LogP contribution in [0.15, 0.2) is 212 Å². The van der Waals surface area contributed by atoms with Gasteiger partial charge < -0.3 is 0 Å². The first-order chi connectivity index (χ1) is 26.8. The molecule has 2 aliphatic rings. The smallest absolute Gasteiger partial charge is 0.114 e. The summed E-state index contributed by atoms with van der Waals surface area (Å²) < 4.78 is 4.92. The van der Waals surface area contributed by atoms with Crippen molar-refractivity contribution in [2.24, 2.45) is 0 Å². The van der Waals surface area contributed by atoms with Gasteiger partial charge in [0.15, 0.2) is 0 Å². The maximum atomic E-state index is 2.50. The summed E-state index contributed by atoms with van der Waals surface area (Å²) in [7, 11) is 0. The van der Waals surface area contributed by atoms with Gasteiger partial charge in [0.1, 0.15) is 11.0 Å². The van der Waals surface area contributed by atoms with Gasteiger partial charge in [0.05, 0.1) is 11.5 Å². The van der Waals surface area contributed by atoms with Crippen LogP contribution >= 0.6 is 0 Å². The minimum Gasteiger partial charge on any atom is -0.114 e. The van der Waals surface area contributed by atoms with E-state index in [-0.39, 0.29) is 0 Å². The molecular formula is C52H35N2+. The second-order valence-corrected chi connectivity index (χ2v) is 14.3. The third-order valence-corrected chi connectivity index (χ3v) is 11.5. The molecule has 0 bridgehead atoms. The van der Waals surface area contributed by atoms with Crippen molar-refractivity contribution in [1.29, 1.82) is 0 Å². The Morgan fingerprint density at radius 2 is 0.944 bits per heavy atom. The first-order valence-corrected chi connectivity index (χ1v) is 18.7. The molecule has 0 amide bonds. The number of hydrogen-bond acceptors (Lipinski definition) is 0. The van der Waals surface area contributed by atoms with Gasteiger partial charge in [0, 0.05) is 21.9 Å². The zero-order valence-electron chi connectivity index (χ0n) is 29.6. The summed E-state index contributed by atoms with van der Waals surface area (Å²) in [4.78, 5) is 0. The highest BCUT2D eigenvalue weighted by atomic mass is 15.5. The van der Waals surface area contributed by atoms with Crippen LogP contribution in [0.5, 0.6) is 0 Å². The molecule has 2 nitrogen and oxygen atoms in total. The molecule has 0 saturated heterocycles. The highest BCUT2D eigenvalue weighted by Gasteiger charge is 2.47. The van der Waals surface area contributed by atoms with E-state index in [1.54, 1.807) is 0 Å². The fourth-order valence-corrected chi connectivity index (χ4v) is 9.14. The molecule has 2 heterocycles. The lowest BCUT2D eigenvalue weighted by Crippen LogP contribution is -2.33. The number of fused-ring (bicyclic) bond motifs is 6. The molecule has 252 valence electrons. The summed E-state index contributed by atoms with van der Waals surface area (Å²) >= 11 is 0. The number of hydrogen-bond donors (Lipinski definition) is 0. The van der Waals surface area contributed by atoms with Gasteiger partial charge in [-0.3, -0.25) is 0 Å². The lowest BCUT2D eigenvalue weighted by molar-refractivity contribution is -0.495. The zero-order chi connectivity index (χ0) is 35.6. The molecule has 8 aromatic carbocycles. The number of rotatable bonds is 6. The predicted octanol–water partition coefficient (Wildman–Crippen LogP) is 12.1. The van der Waals surface area contributed by atoms with Gasteiger partial charge in [-0.25, -0.2) is 0 Å². The Bertz CT molecular complexity index is 2910. The van der Waals surface area contributed by atoms with E-state index in [1.807, 2.05) is 0 Å². The summed E-state index contributed by atoms with van der Waals surface area (Å²) in [6, 6.07) is 75.5. The van der Waals surface area contributed by atoms with Gasteiger partial charge in [0.25, 0.3) is 11.4 Å². The average molecular weight is 688 g/mol. The number of aromatic nitrogens is 1. The Kier molecular flexibility index (Phi) is 6.80. The maximum absolute atomic E-state index is 2.50. The first-order valence-electron chi connectivity index (χ1n) is 18.7. The quantitative estimate of drug-likeness (QED) is 0.154. The van der Waals surface area contributed by atoms with Crippen molar-refractivity contribution in [1.82, 2.24) is 4.68 Å². The minimum absolute atomic E-state index is 0.493. The van der Waals surface area contributed by atoms with Crippen LogP contribution in [0.3, 0.4) is 0 Å². The highest BCUT2D eigenvalue weighted by molar-refractivity contribution is 6.15. The Morgan fingerprint density at radius 1 is 0.370 bits per heavy atom. The molecule has 0 radical (unpaired) electrons. The van der Waals surface area contributed by atoms with Crippen molar-refractivity contribution in [3.63, 3.8) is 0 Å².